The molecular formula is C11H16Br2S2. The molecule has 0 radical (unpaired) electrons. The number of thiophene rings is 1. The normalized spacial score (nSPS) is 10.9. The minimum absolute atomic E-state index is 1.21. The summed E-state index contributed by atoms with van der Waals surface area (Å²) in [6.45, 7) is 0. The van der Waals surface area contributed by atoms with Gasteiger partial charge in [-0.3, -0.25) is 0 Å². The van der Waals surface area contributed by atoms with Crippen LogP contribution in [0.3, 0.4) is 0 Å². The first-order valence-electron chi connectivity index (χ1n) is 5.16. The molecule has 0 aromatic carbocycles. The molecule has 0 unspecified atom stereocenters. The van der Waals surface area contributed by atoms with E-state index in [1.54, 1.807) is 11.3 Å². The van der Waals surface area contributed by atoms with Gasteiger partial charge in [0.25, 0.3) is 0 Å². The standard InChI is InChI=1S/C11H16Br2S2/c1-14-7-5-3-2-4-6-9-8-10(12)15-11(9)13/h8H,2-7H2,1H3. The zero-order valence-corrected chi connectivity index (χ0v) is 13.7. The van der Waals surface area contributed by atoms with Crippen molar-refractivity contribution >= 4 is 55.0 Å². The number of hydrogen-bond acceptors (Lipinski definition) is 2. The Hall–Kier alpha value is 1.01. The fourth-order valence-electron chi connectivity index (χ4n) is 1.46. The van der Waals surface area contributed by atoms with Crippen LogP contribution >= 0.6 is 55.0 Å². The fraction of sp³-hybridized carbons (Fsp3) is 0.636. The molecule has 0 nitrogen and oxygen atoms in total. The van der Waals surface area contributed by atoms with Crippen LogP contribution in [0.2, 0.25) is 0 Å². The molecule has 0 saturated heterocycles. The van der Waals surface area contributed by atoms with Crippen molar-refractivity contribution < 1.29 is 0 Å². The largest absolute Gasteiger partial charge is 0.165 e. The highest BCUT2D eigenvalue weighted by atomic mass is 79.9. The van der Waals surface area contributed by atoms with Crippen molar-refractivity contribution in [3.63, 3.8) is 0 Å². The van der Waals surface area contributed by atoms with Gasteiger partial charge in [0.1, 0.15) is 0 Å². The van der Waals surface area contributed by atoms with Gasteiger partial charge in [0, 0.05) is 0 Å². The highest BCUT2D eigenvalue weighted by Gasteiger charge is 2.04. The van der Waals surface area contributed by atoms with Crippen molar-refractivity contribution in [1.29, 1.82) is 0 Å². The van der Waals surface area contributed by atoms with Gasteiger partial charge in [0.05, 0.1) is 7.57 Å². The van der Waals surface area contributed by atoms with Crippen LogP contribution in [0.1, 0.15) is 31.2 Å². The molecular weight excluding hydrogens is 356 g/mol. The molecule has 0 atom stereocenters. The van der Waals surface area contributed by atoms with Gasteiger partial charge in [0.15, 0.2) is 0 Å². The Morgan fingerprint density at radius 2 is 1.93 bits per heavy atom. The SMILES string of the molecule is CSCCCCCCc1cc(Br)sc1Br. The third-order valence-corrected chi connectivity index (χ3v) is 5.43. The van der Waals surface area contributed by atoms with E-state index in [-0.39, 0.29) is 0 Å². The Balaban J connectivity index is 2.12. The van der Waals surface area contributed by atoms with Crippen LogP contribution in [-0.4, -0.2) is 12.0 Å². The van der Waals surface area contributed by atoms with Crippen LogP contribution in [0.25, 0.3) is 0 Å². The van der Waals surface area contributed by atoms with Crippen molar-refractivity contribution in [2.24, 2.45) is 0 Å². The van der Waals surface area contributed by atoms with E-state index in [0.29, 0.717) is 0 Å². The predicted molar refractivity (Wildman–Crippen MR) is 80.3 cm³/mol. The van der Waals surface area contributed by atoms with E-state index >= 15 is 0 Å². The second-order valence-electron chi connectivity index (χ2n) is 3.51. The molecule has 1 aromatic rings. The number of unbranched alkanes of at least 4 members (excludes halogenated alkanes) is 3. The minimum atomic E-state index is 1.21. The van der Waals surface area contributed by atoms with E-state index in [2.05, 4.69) is 44.2 Å². The number of hydrogen-bond donors (Lipinski definition) is 0. The molecule has 0 aliphatic carbocycles. The third-order valence-electron chi connectivity index (χ3n) is 2.27. The molecule has 15 heavy (non-hydrogen) atoms. The van der Waals surface area contributed by atoms with Gasteiger partial charge in [-0.1, -0.05) is 12.8 Å². The van der Waals surface area contributed by atoms with Crippen LogP contribution in [0, 0.1) is 0 Å². The molecule has 0 spiro atoms. The van der Waals surface area contributed by atoms with E-state index in [1.807, 2.05) is 11.8 Å². The van der Waals surface area contributed by atoms with Crippen molar-refractivity contribution in [3.05, 3.63) is 19.2 Å². The zero-order valence-electron chi connectivity index (χ0n) is 8.89. The highest BCUT2D eigenvalue weighted by Crippen LogP contribution is 2.32. The quantitative estimate of drug-likeness (QED) is 0.550. The second-order valence-corrected chi connectivity index (χ2v) is 8.24. The lowest BCUT2D eigenvalue weighted by Gasteiger charge is -2.00. The van der Waals surface area contributed by atoms with Crippen LogP contribution < -0.4 is 0 Å². The number of rotatable bonds is 7. The molecule has 1 rings (SSSR count). The van der Waals surface area contributed by atoms with Gasteiger partial charge in [-0.05, 0) is 74.8 Å². The van der Waals surface area contributed by atoms with Gasteiger partial charge < -0.3 is 0 Å². The fourth-order valence-corrected chi connectivity index (χ4v) is 4.87. The Morgan fingerprint density at radius 1 is 1.20 bits per heavy atom. The summed E-state index contributed by atoms with van der Waals surface area (Å²) >= 11 is 10.8. The maximum absolute atomic E-state index is 3.60. The number of halogens is 2. The highest BCUT2D eigenvalue weighted by molar-refractivity contribution is 9.12. The summed E-state index contributed by atoms with van der Waals surface area (Å²) in [5.41, 5.74) is 1.46. The molecule has 0 aliphatic rings. The molecule has 0 saturated carbocycles. The lowest BCUT2D eigenvalue weighted by Crippen LogP contribution is -1.85. The minimum Gasteiger partial charge on any atom is -0.165 e. The van der Waals surface area contributed by atoms with Crippen LogP contribution in [0.4, 0.5) is 0 Å². The number of thioether (sulfide) groups is 1. The smallest absolute Gasteiger partial charge is 0.0742 e. The van der Waals surface area contributed by atoms with Gasteiger partial charge >= 0.3 is 0 Å². The van der Waals surface area contributed by atoms with E-state index in [9.17, 15) is 0 Å². The average Bonchev–Trinajstić information content (AvgIpc) is 2.51. The molecule has 86 valence electrons. The van der Waals surface area contributed by atoms with Crippen LogP contribution in [-0.2, 0) is 6.42 Å². The Morgan fingerprint density at radius 3 is 2.53 bits per heavy atom. The van der Waals surface area contributed by atoms with Gasteiger partial charge in [-0.25, -0.2) is 0 Å². The molecule has 1 heterocycles. The van der Waals surface area contributed by atoms with Crippen LogP contribution in [0.5, 0.6) is 0 Å². The first-order chi connectivity index (χ1) is 7.24. The molecule has 0 bridgehead atoms. The summed E-state index contributed by atoms with van der Waals surface area (Å²) in [6.07, 6.45) is 8.82. The van der Waals surface area contributed by atoms with Gasteiger partial charge in [-0.2, -0.15) is 11.8 Å². The van der Waals surface area contributed by atoms with E-state index in [0.717, 1.165) is 0 Å². The average molecular weight is 372 g/mol. The first-order valence-corrected chi connectivity index (χ1v) is 8.96. The summed E-state index contributed by atoms with van der Waals surface area (Å²) in [6, 6.07) is 2.23. The maximum atomic E-state index is 3.60. The van der Waals surface area contributed by atoms with E-state index in [4.69, 9.17) is 0 Å². The summed E-state index contributed by atoms with van der Waals surface area (Å²) in [5.74, 6) is 1.31. The molecule has 4 heteroatoms. The second kappa shape index (κ2) is 8.15. The Bertz CT molecular complexity index is 284. The molecule has 0 amide bonds. The monoisotopic (exact) mass is 370 g/mol. The third kappa shape index (κ3) is 5.76. The zero-order chi connectivity index (χ0) is 11.1. The topological polar surface area (TPSA) is 0 Å². The van der Waals surface area contributed by atoms with Gasteiger partial charge in [-0.15, -0.1) is 11.3 Å². The Labute approximate surface area is 117 Å². The van der Waals surface area contributed by atoms with Crippen molar-refractivity contribution in [2.75, 3.05) is 12.0 Å². The molecule has 0 N–H and O–H groups in total. The summed E-state index contributed by atoms with van der Waals surface area (Å²) < 4.78 is 2.52. The summed E-state index contributed by atoms with van der Waals surface area (Å²) in [5, 5.41) is 0. The van der Waals surface area contributed by atoms with Crippen LogP contribution in [0.15, 0.2) is 13.6 Å². The predicted octanol–water partition coefficient (Wildman–Crippen LogP) is 5.74. The number of aryl methyl sites for hydroxylation is 1. The van der Waals surface area contributed by atoms with Gasteiger partial charge in [0.2, 0.25) is 0 Å². The van der Waals surface area contributed by atoms with Crippen molar-refractivity contribution in [3.8, 4) is 0 Å². The van der Waals surface area contributed by atoms with Crippen molar-refractivity contribution in [2.45, 2.75) is 32.1 Å². The first kappa shape index (κ1) is 14.1. The van der Waals surface area contributed by atoms with E-state index < -0.39 is 0 Å². The van der Waals surface area contributed by atoms with E-state index in [1.165, 1.54) is 51.0 Å². The summed E-state index contributed by atoms with van der Waals surface area (Å²) in [7, 11) is 0. The lowest BCUT2D eigenvalue weighted by atomic mass is 10.1. The molecule has 0 fully saturated rings. The molecule has 0 aliphatic heterocycles. The summed E-state index contributed by atoms with van der Waals surface area (Å²) in [4.78, 5) is 0. The lowest BCUT2D eigenvalue weighted by molar-refractivity contribution is 0.670. The maximum Gasteiger partial charge on any atom is 0.0742 e. The molecule has 1 aromatic heterocycles. The Kier molecular flexibility index (Phi) is 7.65. The van der Waals surface area contributed by atoms with Crippen molar-refractivity contribution in [1.82, 2.24) is 0 Å².